The Kier molecular flexibility index (Phi) is 7.01. The van der Waals surface area contributed by atoms with Gasteiger partial charge in [0.2, 0.25) is 5.91 Å². The van der Waals surface area contributed by atoms with E-state index in [1.54, 1.807) is 11.8 Å². The molecule has 26 heavy (non-hydrogen) atoms. The van der Waals surface area contributed by atoms with E-state index in [1.807, 2.05) is 0 Å². The van der Waals surface area contributed by atoms with Crippen LogP contribution in [-0.2, 0) is 17.0 Å². The molecule has 4 heteroatoms. The lowest BCUT2D eigenvalue weighted by molar-refractivity contribution is -0.118. The molecule has 1 aliphatic heterocycles. The second-order valence-corrected chi connectivity index (χ2v) is 7.89. The molecule has 0 fully saturated rings. The SMILES string of the molecule is Cc1cccc(CSCC(=O)NCCCN2CCCc3ccccc32)c1. The maximum Gasteiger partial charge on any atom is 0.230 e. The summed E-state index contributed by atoms with van der Waals surface area (Å²) in [7, 11) is 0. The molecule has 0 saturated carbocycles. The summed E-state index contributed by atoms with van der Waals surface area (Å²) in [5, 5.41) is 3.06. The van der Waals surface area contributed by atoms with Gasteiger partial charge >= 0.3 is 0 Å². The van der Waals surface area contributed by atoms with Crippen LogP contribution in [0.1, 0.15) is 29.5 Å². The second-order valence-electron chi connectivity index (χ2n) is 6.90. The van der Waals surface area contributed by atoms with Crippen LogP contribution in [0.25, 0.3) is 0 Å². The van der Waals surface area contributed by atoms with Crippen molar-refractivity contribution in [1.29, 1.82) is 0 Å². The van der Waals surface area contributed by atoms with E-state index in [2.05, 4.69) is 65.7 Å². The predicted octanol–water partition coefficient (Wildman–Crippen LogP) is 4.19. The van der Waals surface area contributed by atoms with Crippen LogP contribution in [0.4, 0.5) is 5.69 Å². The zero-order valence-electron chi connectivity index (χ0n) is 15.5. The Labute approximate surface area is 161 Å². The molecule has 0 atom stereocenters. The molecule has 0 aliphatic carbocycles. The van der Waals surface area contributed by atoms with Crippen LogP contribution in [0.2, 0.25) is 0 Å². The summed E-state index contributed by atoms with van der Waals surface area (Å²) >= 11 is 1.68. The Morgan fingerprint density at radius 1 is 1.19 bits per heavy atom. The zero-order chi connectivity index (χ0) is 18.2. The summed E-state index contributed by atoms with van der Waals surface area (Å²) < 4.78 is 0. The number of thioether (sulfide) groups is 1. The number of hydrogen-bond donors (Lipinski definition) is 1. The minimum Gasteiger partial charge on any atom is -0.371 e. The van der Waals surface area contributed by atoms with E-state index in [-0.39, 0.29) is 5.91 Å². The van der Waals surface area contributed by atoms with Gasteiger partial charge in [0.1, 0.15) is 0 Å². The number of rotatable bonds is 8. The van der Waals surface area contributed by atoms with Gasteiger partial charge in [-0.25, -0.2) is 0 Å². The Morgan fingerprint density at radius 3 is 2.96 bits per heavy atom. The third-order valence-electron chi connectivity index (χ3n) is 4.72. The predicted molar refractivity (Wildman–Crippen MR) is 112 cm³/mol. The van der Waals surface area contributed by atoms with Crippen molar-refractivity contribution in [2.75, 3.05) is 30.3 Å². The largest absolute Gasteiger partial charge is 0.371 e. The number of benzene rings is 2. The first-order valence-electron chi connectivity index (χ1n) is 9.45. The first kappa shape index (κ1) is 18.8. The van der Waals surface area contributed by atoms with E-state index >= 15 is 0 Å². The number of hydrogen-bond acceptors (Lipinski definition) is 3. The lowest BCUT2D eigenvalue weighted by Gasteiger charge is -2.31. The fourth-order valence-electron chi connectivity index (χ4n) is 3.46. The molecule has 1 N–H and O–H groups in total. The minimum atomic E-state index is 0.140. The highest BCUT2D eigenvalue weighted by Gasteiger charge is 2.15. The molecule has 0 radical (unpaired) electrons. The van der Waals surface area contributed by atoms with Gasteiger partial charge in [-0.2, -0.15) is 0 Å². The number of nitrogens with zero attached hydrogens (tertiary/aromatic N) is 1. The van der Waals surface area contributed by atoms with Gasteiger partial charge in [-0.3, -0.25) is 4.79 Å². The molecule has 2 aromatic rings. The normalized spacial score (nSPS) is 13.3. The lowest BCUT2D eigenvalue weighted by Crippen LogP contribution is -2.33. The topological polar surface area (TPSA) is 32.3 Å². The fraction of sp³-hybridized carbons (Fsp3) is 0.409. The van der Waals surface area contributed by atoms with Crippen LogP contribution in [0.3, 0.4) is 0 Å². The summed E-state index contributed by atoms with van der Waals surface area (Å²) in [6.45, 7) is 4.98. The molecular weight excluding hydrogens is 340 g/mol. The van der Waals surface area contributed by atoms with Crippen molar-refractivity contribution in [3.05, 3.63) is 65.2 Å². The molecule has 0 aromatic heterocycles. The van der Waals surface area contributed by atoms with Gasteiger partial charge in [-0.05, 0) is 43.4 Å². The van der Waals surface area contributed by atoms with E-state index in [0.29, 0.717) is 5.75 Å². The van der Waals surface area contributed by atoms with Crippen LogP contribution in [-0.4, -0.2) is 31.3 Å². The fourth-order valence-corrected chi connectivity index (χ4v) is 4.26. The number of para-hydroxylation sites is 1. The van der Waals surface area contributed by atoms with Crippen molar-refractivity contribution < 1.29 is 4.79 Å². The number of nitrogens with one attached hydrogen (secondary N) is 1. The Balaban J connectivity index is 1.32. The van der Waals surface area contributed by atoms with Crippen LogP contribution in [0.5, 0.6) is 0 Å². The highest BCUT2D eigenvalue weighted by atomic mass is 32.2. The molecule has 0 saturated heterocycles. The van der Waals surface area contributed by atoms with E-state index in [9.17, 15) is 4.79 Å². The van der Waals surface area contributed by atoms with Crippen LogP contribution in [0, 0.1) is 6.92 Å². The molecule has 3 nitrogen and oxygen atoms in total. The lowest BCUT2D eigenvalue weighted by atomic mass is 10.0. The van der Waals surface area contributed by atoms with E-state index in [1.165, 1.54) is 35.2 Å². The molecule has 2 aromatic carbocycles. The number of anilines is 1. The number of aryl methyl sites for hydroxylation is 2. The zero-order valence-corrected chi connectivity index (χ0v) is 16.4. The third kappa shape index (κ3) is 5.53. The van der Waals surface area contributed by atoms with Crippen LogP contribution in [0.15, 0.2) is 48.5 Å². The van der Waals surface area contributed by atoms with Crippen LogP contribution >= 0.6 is 11.8 Å². The van der Waals surface area contributed by atoms with Crippen molar-refractivity contribution in [3.8, 4) is 0 Å². The summed E-state index contributed by atoms with van der Waals surface area (Å²) in [5.74, 6) is 1.56. The average molecular weight is 369 g/mol. The highest BCUT2D eigenvalue weighted by molar-refractivity contribution is 7.99. The van der Waals surface area contributed by atoms with Crippen molar-refractivity contribution in [2.45, 2.75) is 31.9 Å². The van der Waals surface area contributed by atoms with Crippen molar-refractivity contribution >= 4 is 23.4 Å². The summed E-state index contributed by atoms with van der Waals surface area (Å²) in [4.78, 5) is 14.5. The molecule has 138 valence electrons. The number of fused-ring (bicyclic) bond motifs is 1. The Morgan fingerprint density at radius 2 is 2.08 bits per heavy atom. The van der Waals surface area contributed by atoms with Gasteiger partial charge in [-0.15, -0.1) is 11.8 Å². The van der Waals surface area contributed by atoms with E-state index < -0.39 is 0 Å². The molecule has 1 amide bonds. The van der Waals surface area contributed by atoms with Crippen molar-refractivity contribution in [1.82, 2.24) is 5.32 Å². The molecule has 0 spiro atoms. The quantitative estimate of drug-likeness (QED) is 0.709. The highest BCUT2D eigenvalue weighted by Crippen LogP contribution is 2.26. The van der Waals surface area contributed by atoms with Gasteiger partial charge in [-0.1, -0.05) is 48.0 Å². The number of carbonyl (C=O) groups excluding carboxylic acids is 1. The third-order valence-corrected chi connectivity index (χ3v) is 5.72. The van der Waals surface area contributed by atoms with E-state index in [4.69, 9.17) is 0 Å². The van der Waals surface area contributed by atoms with Gasteiger partial charge in [0, 0.05) is 31.1 Å². The Bertz CT molecular complexity index is 732. The molecule has 3 rings (SSSR count). The van der Waals surface area contributed by atoms with Crippen molar-refractivity contribution in [3.63, 3.8) is 0 Å². The summed E-state index contributed by atoms with van der Waals surface area (Å²) in [6.07, 6.45) is 3.39. The molecule has 0 bridgehead atoms. The van der Waals surface area contributed by atoms with Crippen molar-refractivity contribution in [2.24, 2.45) is 0 Å². The molecular formula is C22H28N2OS. The first-order valence-corrected chi connectivity index (χ1v) is 10.6. The molecule has 0 unspecified atom stereocenters. The van der Waals surface area contributed by atoms with Gasteiger partial charge in [0.05, 0.1) is 5.75 Å². The maximum atomic E-state index is 12.0. The Hall–Kier alpha value is -1.94. The number of amides is 1. The maximum absolute atomic E-state index is 12.0. The molecule has 1 heterocycles. The summed E-state index contributed by atoms with van der Waals surface area (Å²) in [5.41, 5.74) is 5.38. The standard InChI is InChI=1S/C22H28N2OS/c1-18-7-4-8-19(15-18)16-26-17-22(25)23-12-6-14-24-13-5-10-20-9-2-3-11-21(20)24/h2-4,7-9,11,15H,5-6,10,12-14,16-17H2,1H3,(H,23,25). The minimum absolute atomic E-state index is 0.140. The average Bonchev–Trinajstić information content (AvgIpc) is 2.65. The molecule has 1 aliphatic rings. The van der Waals surface area contributed by atoms with Crippen LogP contribution < -0.4 is 10.2 Å². The second kappa shape index (κ2) is 9.67. The first-order chi connectivity index (χ1) is 12.7. The van der Waals surface area contributed by atoms with E-state index in [0.717, 1.165) is 31.8 Å². The summed E-state index contributed by atoms with van der Waals surface area (Å²) in [6, 6.07) is 17.2. The van der Waals surface area contributed by atoms with Gasteiger partial charge < -0.3 is 10.2 Å². The monoisotopic (exact) mass is 368 g/mol. The smallest absolute Gasteiger partial charge is 0.230 e. The number of carbonyl (C=O) groups is 1. The van der Waals surface area contributed by atoms with Gasteiger partial charge in [0.15, 0.2) is 0 Å². The van der Waals surface area contributed by atoms with Gasteiger partial charge in [0.25, 0.3) is 0 Å².